The molecular weight excluding hydrogens is 242 g/mol. The van der Waals surface area contributed by atoms with Crippen molar-refractivity contribution in [2.24, 2.45) is 14.1 Å². The van der Waals surface area contributed by atoms with Gasteiger partial charge in [0.2, 0.25) is 5.91 Å². The van der Waals surface area contributed by atoms with Crippen molar-refractivity contribution in [2.75, 3.05) is 7.05 Å². The number of aromatic nitrogens is 4. The number of aryl methyl sites for hydroxylation is 2. The molecule has 0 N–H and O–H groups in total. The molecule has 1 amide bonds. The van der Waals surface area contributed by atoms with Crippen LogP contribution in [0.5, 0.6) is 0 Å². The van der Waals surface area contributed by atoms with Crippen LogP contribution in [0.4, 0.5) is 0 Å². The third kappa shape index (κ3) is 3.54. The number of likely N-dealkylation sites (N-methyl/N-ethyl adjacent to an activating group) is 1. The summed E-state index contributed by atoms with van der Waals surface area (Å²) in [5.74, 6) is -0.0484. The van der Waals surface area contributed by atoms with Crippen LogP contribution in [-0.2, 0) is 25.4 Å². The van der Waals surface area contributed by atoms with Gasteiger partial charge in [-0.1, -0.05) is 0 Å². The summed E-state index contributed by atoms with van der Waals surface area (Å²) >= 11 is 0. The van der Waals surface area contributed by atoms with Gasteiger partial charge in [-0.3, -0.25) is 14.2 Å². The SMILES string of the molecule is CN(Cc1cnn(C)c1)C(=O)/C=C/c1cnn(C)c1. The summed E-state index contributed by atoms with van der Waals surface area (Å²) in [4.78, 5) is 13.6. The maximum Gasteiger partial charge on any atom is 0.246 e. The Morgan fingerprint density at radius 3 is 2.53 bits per heavy atom. The average Bonchev–Trinajstić information content (AvgIpc) is 2.95. The molecule has 2 rings (SSSR count). The van der Waals surface area contributed by atoms with Crippen molar-refractivity contribution in [3.8, 4) is 0 Å². The molecule has 0 saturated heterocycles. The zero-order valence-corrected chi connectivity index (χ0v) is 11.3. The Balaban J connectivity index is 1.94. The van der Waals surface area contributed by atoms with E-state index in [1.807, 2.05) is 26.5 Å². The lowest BCUT2D eigenvalue weighted by atomic mass is 10.3. The fourth-order valence-electron chi connectivity index (χ4n) is 1.73. The lowest BCUT2D eigenvalue weighted by molar-refractivity contribution is -0.125. The normalized spacial score (nSPS) is 11.1. The molecular formula is C13H17N5O. The fourth-order valence-corrected chi connectivity index (χ4v) is 1.73. The smallest absolute Gasteiger partial charge is 0.246 e. The van der Waals surface area contributed by atoms with Crippen molar-refractivity contribution in [1.82, 2.24) is 24.5 Å². The van der Waals surface area contributed by atoms with Crippen LogP contribution in [0.1, 0.15) is 11.1 Å². The lowest BCUT2D eigenvalue weighted by Crippen LogP contribution is -2.23. The van der Waals surface area contributed by atoms with Gasteiger partial charge in [0.1, 0.15) is 0 Å². The van der Waals surface area contributed by atoms with E-state index >= 15 is 0 Å². The van der Waals surface area contributed by atoms with E-state index in [1.54, 1.807) is 45.9 Å². The Morgan fingerprint density at radius 1 is 1.26 bits per heavy atom. The van der Waals surface area contributed by atoms with Gasteiger partial charge in [-0.25, -0.2) is 0 Å². The van der Waals surface area contributed by atoms with Crippen LogP contribution in [0.3, 0.4) is 0 Å². The fraction of sp³-hybridized carbons (Fsp3) is 0.308. The molecule has 0 radical (unpaired) electrons. The molecule has 0 spiro atoms. The van der Waals surface area contributed by atoms with Crippen molar-refractivity contribution in [3.63, 3.8) is 0 Å². The molecule has 0 aliphatic rings. The van der Waals surface area contributed by atoms with Gasteiger partial charge in [0.05, 0.1) is 12.4 Å². The molecule has 0 unspecified atom stereocenters. The van der Waals surface area contributed by atoms with Gasteiger partial charge < -0.3 is 4.90 Å². The van der Waals surface area contributed by atoms with E-state index in [1.165, 1.54) is 0 Å². The van der Waals surface area contributed by atoms with Crippen molar-refractivity contribution < 1.29 is 4.79 Å². The molecule has 0 saturated carbocycles. The van der Waals surface area contributed by atoms with E-state index in [0.717, 1.165) is 11.1 Å². The second-order valence-corrected chi connectivity index (χ2v) is 4.50. The third-order valence-electron chi connectivity index (χ3n) is 2.70. The van der Waals surface area contributed by atoms with Crippen LogP contribution < -0.4 is 0 Å². The zero-order valence-electron chi connectivity index (χ0n) is 11.3. The number of hydrogen-bond donors (Lipinski definition) is 0. The summed E-state index contributed by atoms with van der Waals surface area (Å²) in [6.45, 7) is 0.546. The highest BCUT2D eigenvalue weighted by Gasteiger charge is 2.07. The largest absolute Gasteiger partial charge is 0.338 e. The highest BCUT2D eigenvalue weighted by atomic mass is 16.2. The van der Waals surface area contributed by atoms with Gasteiger partial charge in [0.15, 0.2) is 0 Å². The first kappa shape index (κ1) is 13.1. The number of hydrogen-bond acceptors (Lipinski definition) is 3. The molecule has 0 bridgehead atoms. The monoisotopic (exact) mass is 259 g/mol. The summed E-state index contributed by atoms with van der Waals surface area (Å²) in [7, 11) is 5.46. The Morgan fingerprint density at radius 2 is 1.95 bits per heavy atom. The predicted octanol–water partition coefficient (Wildman–Crippen LogP) is 0.825. The summed E-state index contributed by atoms with van der Waals surface area (Å²) in [6.07, 6.45) is 10.5. The maximum atomic E-state index is 11.9. The van der Waals surface area contributed by atoms with Gasteiger partial charge in [0, 0.05) is 57.3 Å². The second-order valence-electron chi connectivity index (χ2n) is 4.50. The second kappa shape index (κ2) is 5.51. The molecule has 19 heavy (non-hydrogen) atoms. The van der Waals surface area contributed by atoms with Crippen LogP contribution in [0.15, 0.2) is 30.9 Å². The maximum absolute atomic E-state index is 11.9. The number of carbonyl (C=O) groups is 1. The first-order valence-electron chi connectivity index (χ1n) is 5.94. The van der Waals surface area contributed by atoms with Crippen LogP contribution >= 0.6 is 0 Å². The Hall–Kier alpha value is -2.37. The predicted molar refractivity (Wildman–Crippen MR) is 71.9 cm³/mol. The topological polar surface area (TPSA) is 56.0 Å². The van der Waals surface area contributed by atoms with Gasteiger partial charge in [-0.2, -0.15) is 10.2 Å². The number of nitrogens with zero attached hydrogens (tertiary/aromatic N) is 5. The molecule has 0 atom stereocenters. The van der Waals surface area contributed by atoms with Gasteiger partial charge in [-0.05, 0) is 6.08 Å². The summed E-state index contributed by atoms with van der Waals surface area (Å²) < 4.78 is 3.42. The molecule has 2 aromatic heterocycles. The van der Waals surface area contributed by atoms with Crippen molar-refractivity contribution >= 4 is 12.0 Å². The van der Waals surface area contributed by atoms with Crippen LogP contribution in [-0.4, -0.2) is 37.4 Å². The quantitative estimate of drug-likeness (QED) is 0.764. The minimum Gasteiger partial charge on any atom is -0.338 e. The number of carbonyl (C=O) groups excluding carboxylic acids is 1. The first-order valence-corrected chi connectivity index (χ1v) is 5.94. The van der Waals surface area contributed by atoms with Crippen molar-refractivity contribution in [2.45, 2.75) is 6.54 Å². The molecule has 100 valence electrons. The van der Waals surface area contributed by atoms with Crippen LogP contribution in [0, 0.1) is 0 Å². The van der Waals surface area contributed by atoms with E-state index in [4.69, 9.17) is 0 Å². The van der Waals surface area contributed by atoms with Gasteiger partial charge in [-0.15, -0.1) is 0 Å². The van der Waals surface area contributed by atoms with Crippen molar-refractivity contribution in [1.29, 1.82) is 0 Å². The van der Waals surface area contributed by atoms with Crippen LogP contribution in [0.2, 0.25) is 0 Å². The van der Waals surface area contributed by atoms with E-state index in [0.29, 0.717) is 6.54 Å². The molecule has 0 fully saturated rings. The molecule has 6 nitrogen and oxygen atoms in total. The number of amides is 1. The first-order chi connectivity index (χ1) is 9.04. The molecule has 2 aromatic rings. The van der Waals surface area contributed by atoms with Gasteiger partial charge in [0.25, 0.3) is 0 Å². The minimum absolute atomic E-state index is 0.0484. The third-order valence-corrected chi connectivity index (χ3v) is 2.70. The summed E-state index contributed by atoms with van der Waals surface area (Å²) in [5.41, 5.74) is 1.92. The standard InChI is InChI=1S/C13H17N5O/c1-16(8-12-7-15-18(3)10-12)13(19)5-4-11-6-14-17(2)9-11/h4-7,9-10H,8H2,1-3H3/b5-4+. The molecule has 0 aliphatic heterocycles. The molecule has 6 heteroatoms. The van der Waals surface area contributed by atoms with E-state index < -0.39 is 0 Å². The average molecular weight is 259 g/mol. The highest BCUT2D eigenvalue weighted by Crippen LogP contribution is 2.04. The summed E-state index contributed by atoms with van der Waals surface area (Å²) in [5, 5.41) is 8.11. The number of rotatable bonds is 4. The van der Waals surface area contributed by atoms with E-state index in [2.05, 4.69) is 10.2 Å². The van der Waals surface area contributed by atoms with Crippen molar-refractivity contribution in [3.05, 3.63) is 42.0 Å². The molecule has 0 aliphatic carbocycles. The summed E-state index contributed by atoms with van der Waals surface area (Å²) in [6, 6.07) is 0. The Bertz CT molecular complexity index is 596. The Labute approximate surface area is 111 Å². The van der Waals surface area contributed by atoms with Gasteiger partial charge >= 0.3 is 0 Å². The van der Waals surface area contributed by atoms with Crippen LogP contribution in [0.25, 0.3) is 6.08 Å². The zero-order chi connectivity index (χ0) is 13.8. The highest BCUT2D eigenvalue weighted by molar-refractivity contribution is 5.91. The Kier molecular flexibility index (Phi) is 3.79. The lowest BCUT2D eigenvalue weighted by Gasteiger charge is -2.13. The van der Waals surface area contributed by atoms with E-state index in [-0.39, 0.29) is 5.91 Å². The minimum atomic E-state index is -0.0484. The van der Waals surface area contributed by atoms with E-state index in [9.17, 15) is 4.79 Å². The molecule has 0 aromatic carbocycles. The molecule has 2 heterocycles.